The number of carbonyl (C=O) groups excluding carboxylic acids is 1. The zero-order chi connectivity index (χ0) is 16.2. The number of nitrogens with one attached hydrogen (secondary N) is 3. The average Bonchev–Trinajstić information content (AvgIpc) is 3.03. The molecule has 1 aliphatic rings. The third-order valence-electron chi connectivity index (χ3n) is 4.24. The lowest BCUT2D eigenvalue weighted by molar-refractivity contribution is -0.125. The van der Waals surface area contributed by atoms with Gasteiger partial charge in [-0.15, -0.1) is 0 Å². The van der Waals surface area contributed by atoms with Gasteiger partial charge >= 0.3 is 0 Å². The topological polar surface area (TPSA) is 53.2 Å². The summed E-state index contributed by atoms with van der Waals surface area (Å²) in [7, 11) is 0. The molecule has 1 heterocycles. The molecule has 0 spiro atoms. The smallest absolute Gasteiger partial charge is 0.226 e. The summed E-state index contributed by atoms with van der Waals surface area (Å²) in [5, 5.41) is 3.07. The van der Waals surface area contributed by atoms with E-state index in [-0.39, 0.29) is 17.9 Å². The van der Waals surface area contributed by atoms with E-state index in [1.807, 2.05) is 42.5 Å². The van der Waals surface area contributed by atoms with Crippen molar-refractivity contribution in [1.29, 1.82) is 0 Å². The highest BCUT2D eigenvalue weighted by atomic mass is 79.9. The highest BCUT2D eigenvalue weighted by Gasteiger charge is 2.33. The van der Waals surface area contributed by atoms with Crippen LogP contribution in [0.3, 0.4) is 0 Å². The van der Waals surface area contributed by atoms with Gasteiger partial charge in [0.15, 0.2) is 0 Å². The van der Waals surface area contributed by atoms with Gasteiger partial charge in [0.05, 0.1) is 12.0 Å². The number of carbonyl (C=O) groups is 1. The quantitative estimate of drug-likeness (QED) is 0.772. The SMILES string of the molecule is Cc1ccccc1CNC(=O)C1CNNC1c1cccc(Br)c1. The lowest BCUT2D eigenvalue weighted by atomic mass is 9.94. The van der Waals surface area contributed by atoms with Gasteiger partial charge in [0.2, 0.25) is 5.91 Å². The van der Waals surface area contributed by atoms with Crippen LogP contribution in [0.4, 0.5) is 0 Å². The van der Waals surface area contributed by atoms with Gasteiger partial charge < -0.3 is 5.32 Å². The third kappa shape index (κ3) is 3.80. The van der Waals surface area contributed by atoms with E-state index >= 15 is 0 Å². The molecule has 0 aromatic heterocycles. The second-order valence-electron chi connectivity index (χ2n) is 5.81. The monoisotopic (exact) mass is 373 g/mol. The van der Waals surface area contributed by atoms with Gasteiger partial charge in [-0.05, 0) is 35.7 Å². The van der Waals surface area contributed by atoms with Crippen LogP contribution in [-0.2, 0) is 11.3 Å². The number of benzene rings is 2. The molecule has 2 atom stereocenters. The van der Waals surface area contributed by atoms with E-state index in [2.05, 4.69) is 45.1 Å². The zero-order valence-corrected chi connectivity index (χ0v) is 14.6. The molecule has 3 N–H and O–H groups in total. The van der Waals surface area contributed by atoms with Crippen LogP contribution >= 0.6 is 15.9 Å². The van der Waals surface area contributed by atoms with Crippen molar-refractivity contribution in [2.24, 2.45) is 5.92 Å². The summed E-state index contributed by atoms with van der Waals surface area (Å²) in [5.74, 6) is -0.0657. The fourth-order valence-corrected chi connectivity index (χ4v) is 3.30. The number of hydrogen-bond donors (Lipinski definition) is 3. The summed E-state index contributed by atoms with van der Waals surface area (Å²) in [6.07, 6.45) is 0. The van der Waals surface area contributed by atoms with Crippen molar-refractivity contribution < 1.29 is 4.79 Å². The fourth-order valence-electron chi connectivity index (χ4n) is 2.88. The number of halogens is 1. The Labute approximate surface area is 144 Å². The zero-order valence-electron chi connectivity index (χ0n) is 13.0. The van der Waals surface area contributed by atoms with Crippen LogP contribution in [-0.4, -0.2) is 12.5 Å². The summed E-state index contributed by atoms with van der Waals surface area (Å²) >= 11 is 3.49. The molecule has 0 aliphatic carbocycles. The Morgan fingerprint density at radius 2 is 2.09 bits per heavy atom. The number of amides is 1. The molecule has 1 fully saturated rings. The maximum absolute atomic E-state index is 12.6. The van der Waals surface area contributed by atoms with E-state index < -0.39 is 0 Å². The third-order valence-corrected chi connectivity index (χ3v) is 4.73. The van der Waals surface area contributed by atoms with Crippen LogP contribution in [0.15, 0.2) is 53.0 Å². The van der Waals surface area contributed by atoms with Gasteiger partial charge in [-0.1, -0.05) is 52.3 Å². The minimum Gasteiger partial charge on any atom is -0.352 e. The van der Waals surface area contributed by atoms with Crippen molar-refractivity contribution in [3.8, 4) is 0 Å². The molecule has 0 radical (unpaired) electrons. The molecule has 2 unspecified atom stereocenters. The van der Waals surface area contributed by atoms with E-state index in [1.165, 1.54) is 5.56 Å². The molecule has 5 heteroatoms. The number of hydrogen-bond acceptors (Lipinski definition) is 3. The van der Waals surface area contributed by atoms with Gasteiger partial charge in [0, 0.05) is 17.6 Å². The molecule has 23 heavy (non-hydrogen) atoms. The van der Waals surface area contributed by atoms with Crippen LogP contribution in [0.5, 0.6) is 0 Å². The Morgan fingerprint density at radius 1 is 1.26 bits per heavy atom. The molecular formula is C18H20BrN3O. The minimum atomic E-state index is -0.131. The first kappa shape index (κ1) is 16.2. The number of aryl methyl sites for hydroxylation is 1. The van der Waals surface area contributed by atoms with E-state index in [0.29, 0.717) is 13.1 Å². The van der Waals surface area contributed by atoms with Crippen LogP contribution < -0.4 is 16.2 Å². The summed E-state index contributed by atoms with van der Waals surface area (Å²) in [6.45, 7) is 3.24. The normalized spacial score (nSPS) is 20.4. The first-order valence-corrected chi connectivity index (χ1v) is 8.50. The predicted octanol–water partition coefficient (Wildman–Crippen LogP) is 2.84. The Hall–Kier alpha value is -1.69. The molecule has 1 amide bonds. The molecule has 0 bridgehead atoms. The maximum Gasteiger partial charge on any atom is 0.226 e. The summed E-state index contributed by atoms with van der Waals surface area (Å²) in [4.78, 5) is 12.6. The summed E-state index contributed by atoms with van der Waals surface area (Å²) in [6, 6.07) is 16.2. The molecule has 0 saturated carbocycles. The van der Waals surface area contributed by atoms with Crippen molar-refractivity contribution >= 4 is 21.8 Å². The van der Waals surface area contributed by atoms with E-state index in [9.17, 15) is 4.79 Å². The molecule has 2 aromatic rings. The lowest BCUT2D eigenvalue weighted by Crippen LogP contribution is -2.34. The predicted molar refractivity (Wildman–Crippen MR) is 94.5 cm³/mol. The second kappa shape index (κ2) is 7.25. The Morgan fingerprint density at radius 3 is 2.87 bits per heavy atom. The average molecular weight is 374 g/mol. The molecule has 1 aliphatic heterocycles. The first-order chi connectivity index (χ1) is 11.1. The minimum absolute atomic E-state index is 0.0237. The number of rotatable bonds is 4. The van der Waals surface area contributed by atoms with Crippen molar-refractivity contribution in [2.45, 2.75) is 19.5 Å². The van der Waals surface area contributed by atoms with Crippen LogP contribution in [0.1, 0.15) is 22.7 Å². The first-order valence-electron chi connectivity index (χ1n) is 7.71. The summed E-state index contributed by atoms with van der Waals surface area (Å²) in [5.41, 5.74) is 9.76. The van der Waals surface area contributed by atoms with E-state index in [1.54, 1.807) is 0 Å². The molecule has 120 valence electrons. The van der Waals surface area contributed by atoms with Gasteiger partial charge in [-0.25, -0.2) is 5.43 Å². The molecular weight excluding hydrogens is 354 g/mol. The Balaban J connectivity index is 1.68. The molecule has 4 nitrogen and oxygen atoms in total. The van der Waals surface area contributed by atoms with E-state index in [0.717, 1.165) is 15.6 Å². The van der Waals surface area contributed by atoms with Gasteiger partial charge in [-0.3, -0.25) is 10.2 Å². The Bertz CT molecular complexity index is 704. The van der Waals surface area contributed by atoms with Crippen LogP contribution in [0.2, 0.25) is 0 Å². The molecule has 1 saturated heterocycles. The highest BCUT2D eigenvalue weighted by molar-refractivity contribution is 9.10. The largest absolute Gasteiger partial charge is 0.352 e. The van der Waals surface area contributed by atoms with Crippen molar-refractivity contribution in [3.05, 3.63) is 69.7 Å². The van der Waals surface area contributed by atoms with Crippen LogP contribution in [0.25, 0.3) is 0 Å². The standard InChI is InChI=1S/C18H20BrN3O/c1-12-5-2-3-6-14(12)10-20-18(23)16-11-21-22-17(16)13-7-4-8-15(19)9-13/h2-9,16-17,21-22H,10-11H2,1H3,(H,20,23). The van der Waals surface area contributed by atoms with Crippen LogP contribution in [0, 0.1) is 12.8 Å². The van der Waals surface area contributed by atoms with Crippen molar-refractivity contribution in [1.82, 2.24) is 16.2 Å². The van der Waals surface area contributed by atoms with Crippen molar-refractivity contribution in [3.63, 3.8) is 0 Å². The van der Waals surface area contributed by atoms with Crippen molar-refractivity contribution in [2.75, 3.05) is 6.54 Å². The highest BCUT2D eigenvalue weighted by Crippen LogP contribution is 2.27. The Kier molecular flexibility index (Phi) is 5.10. The summed E-state index contributed by atoms with van der Waals surface area (Å²) < 4.78 is 1.02. The molecule has 3 rings (SSSR count). The van der Waals surface area contributed by atoms with Gasteiger partial charge in [0.1, 0.15) is 0 Å². The van der Waals surface area contributed by atoms with Gasteiger partial charge in [-0.2, -0.15) is 0 Å². The lowest BCUT2D eigenvalue weighted by Gasteiger charge is -2.19. The fraction of sp³-hybridized carbons (Fsp3) is 0.278. The second-order valence-corrected chi connectivity index (χ2v) is 6.72. The van der Waals surface area contributed by atoms with E-state index in [4.69, 9.17) is 0 Å². The van der Waals surface area contributed by atoms with Gasteiger partial charge in [0.25, 0.3) is 0 Å². The number of hydrazine groups is 1. The molecule has 2 aromatic carbocycles. The maximum atomic E-state index is 12.6.